The normalized spacial score (nSPS) is 16.4. The second-order valence-electron chi connectivity index (χ2n) is 12.8. The van der Waals surface area contributed by atoms with Gasteiger partial charge in [0.25, 0.3) is 0 Å². The molecular formula is C33H58N6O11S. The first-order valence-electron chi connectivity index (χ1n) is 17.3. The molecule has 0 rings (SSSR count). The number of carboxylic acids is 3. The minimum absolute atomic E-state index is 0.182. The van der Waals surface area contributed by atoms with E-state index in [-0.39, 0.29) is 25.2 Å². The van der Waals surface area contributed by atoms with Crippen LogP contribution in [-0.2, 0) is 38.4 Å². The van der Waals surface area contributed by atoms with E-state index in [4.69, 9.17) is 10.8 Å². The quantitative estimate of drug-likeness (QED) is 0.0582. The maximum Gasteiger partial charge on any atom is 0.326 e. The van der Waals surface area contributed by atoms with Gasteiger partial charge in [-0.1, -0.05) is 60.8 Å². The van der Waals surface area contributed by atoms with Crippen molar-refractivity contribution < 1.29 is 53.7 Å². The summed E-state index contributed by atoms with van der Waals surface area (Å²) in [5.41, 5.74) is 5.77. The van der Waals surface area contributed by atoms with Gasteiger partial charge >= 0.3 is 17.9 Å². The van der Waals surface area contributed by atoms with Gasteiger partial charge in [-0.15, -0.1) is 0 Å². The monoisotopic (exact) mass is 746 g/mol. The van der Waals surface area contributed by atoms with Gasteiger partial charge in [0, 0.05) is 12.8 Å². The molecule has 0 fully saturated rings. The van der Waals surface area contributed by atoms with E-state index in [0.29, 0.717) is 25.0 Å². The van der Waals surface area contributed by atoms with Crippen molar-refractivity contribution in [3.05, 3.63) is 0 Å². The summed E-state index contributed by atoms with van der Waals surface area (Å²) in [7, 11) is 0. The van der Waals surface area contributed by atoms with Gasteiger partial charge in [-0.05, 0) is 49.0 Å². The topological polar surface area (TPSA) is 283 Å². The largest absolute Gasteiger partial charge is 0.481 e. The van der Waals surface area contributed by atoms with Crippen LogP contribution in [0.25, 0.3) is 0 Å². The zero-order valence-electron chi connectivity index (χ0n) is 30.7. The lowest BCUT2D eigenvalue weighted by Gasteiger charge is -2.31. The van der Waals surface area contributed by atoms with Gasteiger partial charge in [0.15, 0.2) is 0 Å². The summed E-state index contributed by atoms with van der Waals surface area (Å²) in [5, 5.41) is 40.6. The molecule has 292 valence electrons. The molecule has 10 N–H and O–H groups in total. The SMILES string of the molecule is CC[C@H](C)[C@H](NC(=O)[C@H](CCSC)NC(=O)[C@@H](NC(=O)[C@@H](NC(=O)[C@H](CCC(=O)O)NC(=O)[C@@H](N)CCC(=O)O)[C@@H](C)CC)[C@@H](C)CC)C(=O)O. The molecule has 0 spiro atoms. The molecule has 5 amide bonds. The molecule has 51 heavy (non-hydrogen) atoms. The molecule has 0 bridgehead atoms. The number of carbonyl (C=O) groups is 8. The van der Waals surface area contributed by atoms with Gasteiger partial charge in [0.2, 0.25) is 29.5 Å². The Labute approximate surface area is 303 Å². The van der Waals surface area contributed by atoms with Crippen molar-refractivity contribution in [3.8, 4) is 0 Å². The average molecular weight is 747 g/mol. The van der Waals surface area contributed by atoms with E-state index in [1.165, 1.54) is 11.8 Å². The van der Waals surface area contributed by atoms with Crippen LogP contribution in [0.3, 0.4) is 0 Å². The zero-order valence-corrected chi connectivity index (χ0v) is 31.5. The summed E-state index contributed by atoms with van der Waals surface area (Å²) in [6.45, 7) is 10.4. The third-order valence-electron chi connectivity index (χ3n) is 8.89. The predicted octanol–water partition coefficient (Wildman–Crippen LogP) is 0.443. The van der Waals surface area contributed by atoms with Crippen molar-refractivity contribution in [1.29, 1.82) is 0 Å². The molecule has 0 saturated carbocycles. The molecule has 0 aromatic carbocycles. The number of carbonyl (C=O) groups excluding carboxylic acids is 5. The molecule has 9 atom stereocenters. The maximum atomic E-state index is 13.8. The van der Waals surface area contributed by atoms with E-state index in [1.54, 1.807) is 41.5 Å². The number of nitrogens with two attached hydrogens (primary N) is 1. The van der Waals surface area contributed by atoms with Crippen molar-refractivity contribution in [3.63, 3.8) is 0 Å². The number of aliphatic carboxylic acids is 3. The highest BCUT2D eigenvalue weighted by Crippen LogP contribution is 2.15. The first-order valence-corrected chi connectivity index (χ1v) is 18.7. The minimum Gasteiger partial charge on any atom is -0.481 e. The van der Waals surface area contributed by atoms with E-state index in [2.05, 4.69) is 26.6 Å². The van der Waals surface area contributed by atoms with Gasteiger partial charge in [0.1, 0.15) is 30.2 Å². The molecule has 0 aliphatic carbocycles. The number of carboxylic acid groups (broad SMARTS) is 3. The fraction of sp³-hybridized carbons (Fsp3) is 0.758. The summed E-state index contributed by atoms with van der Waals surface area (Å²) < 4.78 is 0. The van der Waals surface area contributed by atoms with E-state index in [9.17, 15) is 48.6 Å². The molecule has 0 aliphatic rings. The zero-order chi connectivity index (χ0) is 39.4. The highest BCUT2D eigenvalue weighted by molar-refractivity contribution is 7.98. The van der Waals surface area contributed by atoms with Crippen LogP contribution in [-0.4, -0.2) is 111 Å². The van der Waals surface area contributed by atoms with Crippen LogP contribution in [0.1, 0.15) is 92.9 Å². The molecule has 0 unspecified atom stereocenters. The summed E-state index contributed by atoms with van der Waals surface area (Å²) in [5.74, 6) is -8.39. The van der Waals surface area contributed by atoms with Gasteiger partial charge in [-0.2, -0.15) is 11.8 Å². The molecule has 0 radical (unpaired) electrons. The lowest BCUT2D eigenvalue weighted by molar-refractivity contribution is -0.144. The van der Waals surface area contributed by atoms with Gasteiger partial charge in [-0.25, -0.2) is 4.79 Å². The number of amides is 5. The molecule has 0 heterocycles. The fourth-order valence-electron chi connectivity index (χ4n) is 4.83. The van der Waals surface area contributed by atoms with Crippen LogP contribution in [0.4, 0.5) is 0 Å². The fourth-order valence-corrected chi connectivity index (χ4v) is 5.30. The highest BCUT2D eigenvalue weighted by atomic mass is 32.2. The summed E-state index contributed by atoms with van der Waals surface area (Å²) >= 11 is 1.42. The minimum atomic E-state index is -1.43. The highest BCUT2D eigenvalue weighted by Gasteiger charge is 2.36. The molecule has 18 heteroatoms. The molecular weight excluding hydrogens is 688 g/mol. The lowest BCUT2D eigenvalue weighted by atomic mass is 9.94. The van der Waals surface area contributed by atoms with Gasteiger partial charge in [0.05, 0.1) is 6.04 Å². The number of nitrogens with one attached hydrogen (secondary N) is 5. The van der Waals surface area contributed by atoms with Gasteiger partial charge in [-0.3, -0.25) is 33.6 Å². The Morgan fingerprint density at radius 1 is 0.549 bits per heavy atom. The smallest absolute Gasteiger partial charge is 0.326 e. The average Bonchev–Trinajstić information content (AvgIpc) is 3.08. The molecule has 0 aliphatic heterocycles. The Kier molecular flexibility index (Phi) is 22.4. The van der Waals surface area contributed by atoms with Crippen LogP contribution in [0.2, 0.25) is 0 Å². The molecule has 0 aromatic rings. The Morgan fingerprint density at radius 2 is 0.922 bits per heavy atom. The maximum absolute atomic E-state index is 13.8. The van der Waals surface area contributed by atoms with Gasteiger partial charge < -0.3 is 47.6 Å². The summed E-state index contributed by atoms with van der Waals surface area (Å²) in [6, 6.07) is -7.42. The second-order valence-corrected chi connectivity index (χ2v) is 13.8. The van der Waals surface area contributed by atoms with Crippen molar-refractivity contribution in [1.82, 2.24) is 26.6 Å². The second kappa shape index (κ2) is 24.3. The van der Waals surface area contributed by atoms with E-state index in [1.807, 2.05) is 6.26 Å². The van der Waals surface area contributed by atoms with Crippen LogP contribution in [0.15, 0.2) is 0 Å². The molecule has 0 saturated heterocycles. The number of hydrogen-bond acceptors (Lipinski definition) is 10. The number of thioether (sulfide) groups is 1. The molecule has 17 nitrogen and oxygen atoms in total. The summed E-state index contributed by atoms with van der Waals surface area (Å²) in [4.78, 5) is 101. The number of hydrogen-bond donors (Lipinski definition) is 9. The van der Waals surface area contributed by atoms with E-state index < -0.39 is 108 Å². The number of rotatable bonds is 26. The predicted molar refractivity (Wildman–Crippen MR) is 190 cm³/mol. The van der Waals surface area contributed by atoms with Crippen LogP contribution >= 0.6 is 11.8 Å². The van der Waals surface area contributed by atoms with Crippen molar-refractivity contribution >= 4 is 59.2 Å². The van der Waals surface area contributed by atoms with E-state index in [0.717, 1.165) is 0 Å². The van der Waals surface area contributed by atoms with Crippen LogP contribution < -0.4 is 32.3 Å². The Balaban J connectivity index is 6.23. The Morgan fingerprint density at radius 3 is 1.35 bits per heavy atom. The first kappa shape index (κ1) is 47.1. The van der Waals surface area contributed by atoms with Crippen molar-refractivity contribution in [2.45, 2.75) is 129 Å². The summed E-state index contributed by atoms with van der Waals surface area (Å²) in [6.07, 6.45) is 1.79. The third kappa shape index (κ3) is 17.2. The van der Waals surface area contributed by atoms with E-state index >= 15 is 0 Å². The van der Waals surface area contributed by atoms with Crippen LogP contribution in [0, 0.1) is 17.8 Å². The Bertz CT molecular complexity index is 1210. The third-order valence-corrected chi connectivity index (χ3v) is 9.54. The standard InChI is InChI=1S/C33H58N6O11S/c1-8-17(4)25(31(47)36-22(15-16-51-7)30(46)39-27(33(49)50)19(6)10-3)38-32(48)26(18(5)9-2)37-29(45)21(12-14-24(42)43)35-28(44)20(34)11-13-23(40)41/h17-22,25-27H,8-16,34H2,1-7H3,(H,35,44)(H,36,47)(H,37,45)(H,38,48)(H,39,46)(H,40,41)(H,42,43)(H,49,50)/t17-,18-,19-,20-,21-,22-,25-,26-,27-/m0/s1. The van der Waals surface area contributed by atoms with Crippen molar-refractivity contribution in [2.75, 3.05) is 12.0 Å². The molecule has 0 aromatic heterocycles. The van der Waals surface area contributed by atoms with Crippen LogP contribution in [0.5, 0.6) is 0 Å². The Hall–Kier alpha value is -3.93. The lowest BCUT2D eigenvalue weighted by Crippen LogP contribution is -2.61. The van der Waals surface area contributed by atoms with Crippen molar-refractivity contribution in [2.24, 2.45) is 23.5 Å². The first-order chi connectivity index (χ1) is 23.8.